The topological polar surface area (TPSA) is 113 Å². The monoisotopic (exact) mass is 335 g/mol. The van der Waals surface area contributed by atoms with Gasteiger partial charge < -0.3 is 10.2 Å². The zero-order valence-electron chi connectivity index (χ0n) is 12.5. The smallest absolute Gasteiger partial charge is 0.303 e. The molecular formula is C15H17N3O4S. The van der Waals surface area contributed by atoms with Gasteiger partial charge in [0.05, 0.1) is 12.8 Å². The minimum absolute atomic E-state index is 0.296. The van der Waals surface area contributed by atoms with Crippen molar-refractivity contribution in [2.75, 3.05) is 0 Å². The van der Waals surface area contributed by atoms with Gasteiger partial charge in [0.15, 0.2) is 5.16 Å². The molecule has 0 saturated carbocycles. The maximum Gasteiger partial charge on any atom is 0.303 e. The Kier molecular flexibility index (Phi) is 8.30. The average Bonchev–Trinajstić information content (AvgIpc) is 2.54. The van der Waals surface area contributed by atoms with E-state index in [0.717, 1.165) is 16.6 Å². The van der Waals surface area contributed by atoms with Gasteiger partial charge in [-0.3, -0.25) is 14.6 Å². The summed E-state index contributed by atoms with van der Waals surface area (Å²) in [6, 6.07) is 5.91. The predicted octanol–water partition coefficient (Wildman–Crippen LogP) is 2.41. The fraction of sp³-hybridized carbons (Fsp3) is 0.267. The van der Waals surface area contributed by atoms with Crippen molar-refractivity contribution in [2.45, 2.75) is 30.7 Å². The average molecular weight is 335 g/mol. The van der Waals surface area contributed by atoms with Crippen LogP contribution in [-0.4, -0.2) is 37.1 Å². The predicted molar refractivity (Wildman–Crippen MR) is 85.1 cm³/mol. The van der Waals surface area contributed by atoms with Crippen molar-refractivity contribution in [3.8, 4) is 0 Å². The Labute approximate surface area is 137 Å². The number of carboxylic acid groups (broad SMARTS) is 2. The lowest BCUT2D eigenvalue weighted by Crippen LogP contribution is -2.00. The summed E-state index contributed by atoms with van der Waals surface area (Å²) in [5, 5.41) is 16.6. The first kappa shape index (κ1) is 18.6. The van der Waals surface area contributed by atoms with Gasteiger partial charge >= 0.3 is 11.9 Å². The molecule has 23 heavy (non-hydrogen) atoms. The highest BCUT2D eigenvalue weighted by Gasteiger charge is 2.00. The fourth-order valence-corrected chi connectivity index (χ4v) is 2.04. The lowest BCUT2D eigenvalue weighted by molar-refractivity contribution is -0.143. The summed E-state index contributed by atoms with van der Waals surface area (Å²) < 4.78 is 0. The summed E-state index contributed by atoms with van der Waals surface area (Å²) in [5.41, 5.74) is 2.23. The van der Waals surface area contributed by atoms with Gasteiger partial charge in [0, 0.05) is 30.0 Å². The van der Waals surface area contributed by atoms with Crippen LogP contribution in [-0.2, 0) is 15.3 Å². The van der Waals surface area contributed by atoms with Crippen LogP contribution in [0.5, 0.6) is 0 Å². The summed E-state index contributed by atoms with van der Waals surface area (Å²) in [6.45, 7) is 1.98. The van der Waals surface area contributed by atoms with E-state index < -0.39 is 11.9 Å². The van der Waals surface area contributed by atoms with Crippen molar-refractivity contribution in [2.24, 2.45) is 0 Å². The number of rotatable bonds is 6. The highest BCUT2D eigenvalue weighted by molar-refractivity contribution is 7.98. The van der Waals surface area contributed by atoms with Gasteiger partial charge in [0.2, 0.25) is 0 Å². The Morgan fingerprint density at radius 3 is 2.13 bits per heavy atom. The van der Waals surface area contributed by atoms with Crippen LogP contribution in [0.15, 0.2) is 41.9 Å². The molecule has 0 aromatic carbocycles. The normalized spacial score (nSPS) is 9.61. The van der Waals surface area contributed by atoms with E-state index >= 15 is 0 Å². The lowest BCUT2D eigenvalue weighted by Gasteiger charge is -1.99. The van der Waals surface area contributed by atoms with E-state index in [0.29, 0.717) is 0 Å². The summed E-state index contributed by atoms with van der Waals surface area (Å²) in [5.74, 6) is -1.29. The van der Waals surface area contributed by atoms with Crippen LogP contribution in [0.3, 0.4) is 0 Å². The Morgan fingerprint density at radius 2 is 1.65 bits per heavy atom. The molecule has 0 fully saturated rings. The second kappa shape index (κ2) is 10.3. The number of aromatic nitrogens is 3. The number of aliphatic carboxylic acids is 2. The first-order valence-electron chi connectivity index (χ1n) is 6.72. The van der Waals surface area contributed by atoms with Crippen LogP contribution >= 0.6 is 11.8 Å². The van der Waals surface area contributed by atoms with Crippen molar-refractivity contribution in [1.82, 2.24) is 15.0 Å². The molecule has 2 aromatic heterocycles. The van der Waals surface area contributed by atoms with E-state index in [1.165, 1.54) is 5.56 Å². The van der Waals surface area contributed by atoms with Crippen LogP contribution in [0.25, 0.3) is 0 Å². The van der Waals surface area contributed by atoms with E-state index in [4.69, 9.17) is 10.2 Å². The maximum atomic E-state index is 9.64. The van der Waals surface area contributed by atoms with Gasteiger partial charge in [-0.25, -0.2) is 9.97 Å². The molecule has 0 aliphatic carbocycles. The third-order valence-corrected chi connectivity index (χ3v) is 3.38. The molecule has 0 saturated heterocycles. The molecule has 0 bridgehead atoms. The van der Waals surface area contributed by atoms with E-state index in [9.17, 15) is 9.59 Å². The number of hydrogen-bond acceptors (Lipinski definition) is 6. The largest absolute Gasteiger partial charge is 0.481 e. The molecule has 8 heteroatoms. The van der Waals surface area contributed by atoms with Crippen LogP contribution in [0, 0.1) is 6.92 Å². The molecular weight excluding hydrogens is 318 g/mol. The van der Waals surface area contributed by atoms with Gasteiger partial charge in [-0.1, -0.05) is 17.8 Å². The van der Waals surface area contributed by atoms with Crippen LogP contribution < -0.4 is 0 Å². The van der Waals surface area contributed by atoms with Crippen LogP contribution in [0.2, 0.25) is 0 Å². The van der Waals surface area contributed by atoms with E-state index in [-0.39, 0.29) is 12.8 Å². The summed E-state index contributed by atoms with van der Waals surface area (Å²) in [4.78, 5) is 31.8. The minimum atomic E-state index is -1.08. The number of thioether (sulfide) groups is 1. The molecule has 0 aliphatic heterocycles. The number of hydrogen-bond donors (Lipinski definition) is 2. The molecule has 2 aromatic rings. The third-order valence-electron chi connectivity index (χ3n) is 2.44. The highest BCUT2D eigenvalue weighted by Crippen LogP contribution is 2.17. The van der Waals surface area contributed by atoms with Crippen LogP contribution in [0.1, 0.15) is 24.1 Å². The van der Waals surface area contributed by atoms with Crippen molar-refractivity contribution in [3.05, 3.63) is 48.0 Å². The highest BCUT2D eigenvalue weighted by atomic mass is 32.2. The Balaban J connectivity index is 0.000000284. The molecule has 0 aliphatic rings. The molecule has 7 nitrogen and oxygen atoms in total. The Morgan fingerprint density at radius 1 is 1.04 bits per heavy atom. The van der Waals surface area contributed by atoms with Gasteiger partial charge in [0.25, 0.3) is 0 Å². The van der Waals surface area contributed by atoms with E-state index in [1.807, 2.05) is 25.3 Å². The third kappa shape index (κ3) is 9.20. The number of aryl methyl sites for hydroxylation is 1. The molecule has 0 radical (unpaired) electrons. The summed E-state index contributed by atoms with van der Waals surface area (Å²) in [7, 11) is 0. The first-order valence-corrected chi connectivity index (χ1v) is 7.71. The fourth-order valence-electron chi connectivity index (χ4n) is 1.31. The molecule has 0 atom stereocenters. The summed E-state index contributed by atoms with van der Waals surface area (Å²) in [6.07, 6.45) is 4.81. The van der Waals surface area contributed by atoms with E-state index in [1.54, 1.807) is 24.2 Å². The quantitative estimate of drug-likeness (QED) is 0.611. The Bertz CT molecular complexity index is 606. The van der Waals surface area contributed by atoms with Crippen LogP contribution in [0.4, 0.5) is 0 Å². The number of carbonyl (C=O) groups is 2. The zero-order chi connectivity index (χ0) is 17.1. The second-order valence-electron chi connectivity index (χ2n) is 4.42. The SMILES string of the molecule is Cc1ccc(CSc2ncccn2)cn1.O=C(O)CCC(=O)O. The van der Waals surface area contributed by atoms with Crippen molar-refractivity contribution >= 4 is 23.7 Å². The molecule has 2 heterocycles. The minimum Gasteiger partial charge on any atom is -0.481 e. The zero-order valence-corrected chi connectivity index (χ0v) is 13.4. The molecule has 122 valence electrons. The van der Waals surface area contributed by atoms with Gasteiger partial charge in [-0.2, -0.15) is 0 Å². The molecule has 2 N–H and O–H groups in total. The van der Waals surface area contributed by atoms with E-state index in [2.05, 4.69) is 21.0 Å². The van der Waals surface area contributed by atoms with Gasteiger partial charge in [-0.05, 0) is 24.6 Å². The van der Waals surface area contributed by atoms with Gasteiger partial charge in [0.1, 0.15) is 0 Å². The van der Waals surface area contributed by atoms with Crippen molar-refractivity contribution in [1.29, 1.82) is 0 Å². The molecule has 2 rings (SSSR count). The number of carboxylic acids is 2. The lowest BCUT2D eigenvalue weighted by atomic mass is 10.3. The standard InChI is InChI=1S/C11H11N3S.C4H6O4/c1-9-3-4-10(7-14-9)8-15-11-12-5-2-6-13-11;5-3(6)1-2-4(7)8/h2-7H,8H2,1H3;1-2H2,(H,5,6)(H,7,8). The first-order chi connectivity index (χ1) is 11.0. The van der Waals surface area contributed by atoms with Crippen molar-refractivity contribution < 1.29 is 19.8 Å². The van der Waals surface area contributed by atoms with Gasteiger partial charge in [-0.15, -0.1) is 0 Å². The Hall–Kier alpha value is -2.48. The molecule has 0 amide bonds. The second-order valence-corrected chi connectivity index (χ2v) is 5.36. The number of nitrogens with zero attached hydrogens (tertiary/aromatic N) is 3. The molecule has 0 spiro atoms. The molecule has 0 unspecified atom stereocenters. The number of pyridine rings is 1. The van der Waals surface area contributed by atoms with Crippen molar-refractivity contribution in [3.63, 3.8) is 0 Å². The maximum absolute atomic E-state index is 9.64. The summed E-state index contributed by atoms with van der Waals surface area (Å²) >= 11 is 1.62.